The van der Waals surface area contributed by atoms with Gasteiger partial charge >= 0.3 is 24.5 Å². The van der Waals surface area contributed by atoms with Gasteiger partial charge in [0.25, 0.3) is 5.91 Å². The maximum absolute atomic E-state index is 13.4. The van der Waals surface area contributed by atoms with Crippen molar-refractivity contribution < 1.29 is 64.5 Å². The smallest absolute Gasteiger partial charge is 0.475 e. The van der Waals surface area contributed by atoms with Crippen LogP contribution in [-0.4, -0.2) is 90.5 Å². The van der Waals surface area contributed by atoms with Crippen molar-refractivity contribution >= 4 is 46.3 Å². The number of rotatable bonds is 9. The van der Waals surface area contributed by atoms with Gasteiger partial charge in [-0.15, -0.1) is 13.2 Å². The number of H-pyrrole nitrogens is 1. The normalized spacial score (nSPS) is 15.1. The molecule has 6 N–H and O–H groups in total. The summed E-state index contributed by atoms with van der Waals surface area (Å²) in [5.74, 6) is -5.06. The van der Waals surface area contributed by atoms with Gasteiger partial charge in [-0.1, -0.05) is 12.1 Å². The molecule has 0 bridgehead atoms. The second-order valence-corrected chi connectivity index (χ2v) is 9.65. The molecule has 14 nitrogen and oxygen atoms in total. The van der Waals surface area contributed by atoms with Crippen molar-refractivity contribution in [3.8, 4) is 5.75 Å². The second-order valence-electron chi connectivity index (χ2n) is 9.65. The zero-order chi connectivity index (χ0) is 35.6. The first-order valence-electron chi connectivity index (χ1n) is 13.4. The van der Waals surface area contributed by atoms with Gasteiger partial charge in [0.15, 0.2) is 5.96 Å². The van der Waals surface area contributed by atoms with E-state index in [4.69, 9.17) is 9.90 Å². The molecule has 0 saturated carbocycles. The molecule has 0 saturated heterocycles. The highest BCUT2D eigenvalue weighted by molar-refractivity contribution is 6.07. The summed E-state index contributed by atoms with van der Waals surface area (Å²) in [5.41, 5.74) is 1.26. The van der Waals surface area contributed by atoms with Crippen molar-refractivity contribution in [3.63, 3.8) is 0 Å². The number of halogens is 7. The molecule has 2 heterocycles. The average Bonchev–Trinajstić information content (AvgIpc) is 3.49. The van der Waals surface area contributed by atoms with Gasteiger partial charge in [-0.25, -0.2) is 14.2 Å². The predicted octanol–water partition coefficient (Wildman–Crippen LogP) is 2.95. The molecule has 0 fully saturated rings. The van der Waals surface area contributed by atoms with Crippen molar-refractivity contribution in [1.82, 2.24) is 26.1 Å². The van der Waals surface area contributed by atoms with Gasteiger partial charge in [0, 0.05) is 10.9 Å². The van der Waals surface area contributed by atoms with Crippen molar-refractivity contribution in [2.45, 2.75) is 31.2 Å². The maximum atomic E-state index is 13.4. The lowest BCUT2D eigenvalue weighted by Gasteiger charge is -2.20. The summed E-state index contributed by atoms with van der Waals surface area (Å²) in [5, 5.41) is 25.3. The van der Waals surface area contributed by atoms with E-state index in [1.807, 2.05) is 0 Å². The fourth-order valence-corrected chi connectivity index (χ4v) is 3.95. The average molecular weight is 694 g/mol. The molecule has 3 aromatic rings. The first-order chi connectivity index (χ1) is 22.4. The van der Waals surface area contributed by atoms with E-state index in [-0.39, 0.29) is 24.2 Å². The molecule has 21 heteroatoms. The van der Waals surface area contributed by atoms with E-state index < -0.39 is 67.2 Å². The van der Waals surface area contributed by atoms with Gasteiger partial charge in [0.2, 0.25) is 5.91 Å². The minimum absolute atomic E-state index is 0.0181. The lowest BCUT2D eigenvalue weighted by atomic mass is 10.0. The van der Waals surface area contributed by atoms with Gasteiger partial charge in [-0.3, -0.25) is 19.5 Å². The Morgan fingerprint density at radius 2 is 1.81 bits per heavy atom. The van der Waals surface area contributed by atoms with E-state index in [9.17, 15) is 45.1 Å². The van der Waals surface area contributed by atoms with Crippen LogP contribution in [0.2, 0.25) is 0 Å². The van der Waals surface area contributed by atoms with Gasteiger partial charge in [-0.05, 0) is 29.8 Å². The molecular formula is C27H26F7N7O7. The first-order valence-corrected chi connectivity index (χ1v) is 13.4. The number of esters is 1. The van der Waals surface area contributed by atoms with Gasteiger partial charge in [0.1, 0.15) is 11.9 Å². The number of hydrogen-bond donors (Lipinski definition) is 6. The number of hydrogen-bond acceptors (Lipinski definition) is 10. The number of benzene rings is 2. The van der Waals surface area contributed by atoms with E-state index in [1.54, 1.807) is 0 Å². The van der Waals surface area contributed by atoms with Crippen LogP contribution in [0.15, 0.2) is 47.6 Å². The highest BCUT2D eigenvalue weighted by Crippen LogP contribution is 2.27. The number of anilines is 1. The van der Waals surface area contributed by atoms with Crippen LogP contribution in [0, 0.1) is 0 Å². The van der Waals surface area contributed by atoms with Crippen LogP contribution in [-0.2, 0) is 19.1 Å². The topological polar surface area (TPSA) is 196 Å². The Hall–Kier alpha value is -5.63. The summed E-state index contributed by atoms with van der Waals surface area (Å²) < 4.78 is 91.6. The number of methoxy groups -OCH3 is 1. The fourth-order valence-electron chi connectivity index (χ4n) is 3.95. The number of nitrogens with one attached hydrogen (secondary N) is 5. The number of aromatic nitrogens is 2. The van der Waals surface area contributed by atoms with Crippen molar-refractivity contribution in [2.24, 2.45) is 4.99 Å². The highest BCUT2D eigenvalue weighted by Gasteiger charge is 2.38. The van der Waals surface area contributed by atoms with Crippen LogP contribution >= 0.6 is 0 Å². The number of carboxylic acids is 1. The van der Waals surface area contributed by atoms with Gasteiger partial charge in [0.05, 0.1) is 56.6 Å². The molecule has 1 aliphatic heterocycles. The van der Waals surface area contributed by atoms with E-state index in [2.05, 4.69) is 45.9 Å². The Morgan fingerprint density at radius 1 is 1.10 bits per heavy atom. The largest absolute Gasteiger partial charge is 0.573 e. The Kier molecular flexibility index (Phi) is 12.1. The molecule has 2 aromatic carbocycles. The molecule has 1 unspecified atom stereocenters. The third-order valence-corrected chi connectivity index (χ3v) is 6.09. The standard InChI is InChI=1S/C25H25F4N7O5.C2HF3O2/c1-40-22(38)8-18(13-3-2-4-16(5-13)41-25(27,28)29)34-21(37)12-30-23(39)14-6-19(17-11-33-36-20(17)7-14)35-24-31-9-15(26)10-32-24;3-2(4,5)1(6)7/h2-7,11,15,18H,8-10,12H2,1H3,(H,30,39)(H,33,36)(H,34,37)(H2,31,32,35);(H,6,7)/t18-;/m0./s1. The number of aliphatic imine (C=N–C) groups is 1. The minimum atomic E-state index is -5.08. The lowest BCUT2D eigenvalue weighted by molar-refractivity contribution is -0.274. The molecule has 260 valence electrons. The number of carbonyl (C=O) groups excluding carboxylic acids is 3. The summed E-state index contributed by atoms with van der Waals surface area (Å²) in [6.07, 6.45) is -9.99. The molecule has 0 spiro atoms. The van der Waals surface area contributed by atoms with E-state index in [1.165, 1.54) is 30.5 Å². The molecule has 1 aliphatic rings. The summed E-state index contributed by atoms with van der Waals surface area (Å²) in [6.45, 7) is -0.465. The van der Waals surface area contributed by atoms with Crippen molar-refractivity contribution in [2.75, 3.05) is 32.1 Å². The fraction of sp³-hybridized carbons (Fsp3) is 0.333. The highest BCUT2D eigenvalue weighted by atomic mass is 19.4. The number of nitrogens with zero attached hydrogens (tertiary/aromatic N) is 2. The Balaban J connectivity index is 0.000000804. The molecule has 2 atom stereocenters. The SMILES string of the molecule is COC(=O)C[C@H](NC(=O)CNC(=O)c1cc(NC2=NCC(F)CN2)c2cn[nH]c2c1)c1cccc(OC(F)(F)F)c1.O=C(O)C(F)(F)F. The number of alkyl halides is 7. The Labute approximate surface area is 265 Å². The van der Waals surface area contributed by atoms with Crippen LogP contribution in [0.4, 0.5) is 36.4 Å². The Bertz CT molecular complexity index is 1660. The maximum Gasteiger partial charge on any atom is 0.573 e. The zero-order valence-corrected chi connectivity index (χ0v) is 24.5. The lowest BCUT2D eigenvalue weighted by Crippen LogP contribution is -2.41. The van der Waals surface area contributed by atoms with Gasteiger partial charge < -0.3 is 35.8 Å². The molecular weight excluding hydrogens is 667 g/mol. The van der Waals surface area contributed by atoms with Crippen LogP contribution in [0.25, 0.3) is 10.9 Å². The molecule has 48 heavy (non-hydrogen) atoms. The summed E-state index contributed by atoms with van der Waals surface area (Å²) in [7, 11) is 1.12. The number of fused-ring (bicyclic) bond motifs is 1. The third kappa shape index (κ3) is 11.3. The van der Waals surface area contributed by atoms with Crippen LogP contribution in [0.5, 0.6) is 5.75 Å². The Morgan fingerprint density at radius 3 is 2.42 bits per heavy atom. The molecule has 0 radical (unpaired) electrons. The number of carboxylic acid groups (broad SMARTS) is 1. The zero-order valence-electron chi connectivity index (χ0n) is 24.5. The summed E-state index contributed by atoms with van der Waals surface area (Å²) in [4.78, 5) is 50.5. The van der Waals surface area contributed by atoms with E-state index in [0.29, 0.717) is 22.5 Å². The molecule has 4 rings (SSSR count). The molecule has 1 aromatic heterocycles. The number of aromatic amines is 1. The number of carbonyl (C=O) groups is 4. The van der Waals surface area contributed by atoms with Crippen LogP contribution < -0.4 is 26.0 Å². The number of aliphatic carboxylic acids is 1. The monoisotopic (exact) mass is 693 g/mol. The number of guanidine groups is 1. The number of ether oxygens (including phenoxy) is 2. The second kappa shape index (κ2) is 15.8. The van der Waals surface area contributed by atoms with E-state index in [0.717, 1.165) is 19.2 Å². The predicted molar refractivity (Wildman–Crippen MR) is 152 cm³/mol. The van der Waals surface area contributed by atoms with E-state index >= 15 is 0 Å². The van der Waals surface area contributed by atoms with Crippen molar-refractivity contribution in [1.29, 1.82) is 0 Å². The third-order valence-electron chi connectivity index (χ3n) is 6.09. The number of amides is 2. The minimum Gasteiger partial charge on any atom is -0.475 e. The molecule has 0 aliphatic carbocycles. The molecule has 2 amide bonds. The van der Waals surface area contributed by atoms with Crippen LogP contribution in [0.1, 0.15) is 28.4 Å². The summed E-state index contributed by atoms with van der Waals surface area (Å²) >= 11 is 0. The summed E-state index contributed by atoms with van der Waals surface area (Å²) in [6, 6.07) is 6.73. The van der Waals surface area contributed by atoms with Crippen molar-refractivity contribution in [3.05, 3.63) is 53.7 Å². The van der Waals surface area contributed by atoms with Gasteiger partial charge in [-0.2, -0.15) is 18.3 Å². The van der Waals surface area contributed by atoms with Crippen LogP contribution in [0.3, 0.4) is 0 Å². The first kappa shape index (κ1) is 36.8. The quantitative estimate of drug-likeness (QED) is 0.143.